The molecule has 0 aliphatic carbocycles. The lowest BCUT2D eigenvalue weighted by Crippen LogP contribution is -2.26. The first kappa shape index (κ1) is 20.8. The van der Waals surface area contributed by atoms with Crippen molar-refractivity contribution >= 4 is 22.5 Å². The average molecular weight is 394 g/mol. The summed E-state index contributed by atoms with van der Waals surface area (Å²) in [4.78, 5) is 25.2. The number of nitrogens with one attached hydrogen (secondary N) is 1. The number of anilines is 1. The zero-order valence-corrected chi connectivity index (χ0v) is 17.1. The molecule has 0 saturated carbocycles. The fraction of sp³-hybridized carbons (Fsp3) is 0.364. The van der Waals surface area contributed by atoms with Crippen molar-refractivity contribution < 1.29 is 14.6 Å². The largest absolute Gasteiger partial charge is 0.387 e. The van der Waals surface area contributed by atoms with Crippen LogP contribution in [0.3, 0.4) is 0 Å². The topological polar surface area (TPSA) is 97.2 Å². The molecule has 0 unspecified atom stereocenters. The molecule has 0 bridgehead atoms. The number of aryl methyl sites for hydroxylation is 1. The summed E-state index contributed by atoms with van der Waals surface area (Å²) < 4.78 is 5.01. The van der Waals surface area contributed by atoms with Gasteiger partial charge in [0, 0.05) is 42.0 Å². The van der Waals surface area contributed by atoms with Crippen molar-refractivity contribution in [3.63, 3.8) is 0 Å². The monoisotopic (exact) mass is 394 g/mol. The highest BCUT2D eigenvalue weighted by Gasteiger charge is 2.14. The van der Waals surface area contributed by atoms with Gasteiger partial charge in [-0.3, -0.25) is 14.8 Å². The van der Waals surface area contributed by atoms with Gasteiger partial charge in [-0.25, -0.2) is 4.98 Å². The number of carbonyl (C=O) groups is 1. The molecular weight excluding hydrogens is 368 g/mol. The van der Waals surface area contributed by atoms with Crippen LogP contribution in [0.25, 0.3) is 22.0 Å². The van der Waals surface area contributed by atoms with Crippen molar-refractivity contribution in [2.45, 2.75) is 45.8 Å². The van der Waals surface area contributed by atoms with Gasteiger partial charge in [0.2, 0.25) is 0 Å². The number of methoxy groups -OCH3 is 1. The summed E-state index contributed by atoms with van der Waals surface area (Å²) in [6, 6.07) is 5.63. The third-order valence-electron chi connectivity index (χ3n) is 4.89. The van der Waals surface area contributed by atoms with E-state index in [0.29, 0.717) is 17.9 Å². The van der Waals surface area contributed by atoms with Crippen molar-refractivity contribution in [1.29, 1.82) is 0 Å². The van der Waals surface area contributed by atoms with E-state index in [0.717, 1.165) is 34.0 Å². The number of hydrogen-bond acceptors (Lipinski definition) is 6. The fourth-order valence-electron chi connectivity index (χ4n) is 3.04. The minimum atomic E-state index is -0.553. The Kier molecular flexibility index (Phi) is 6.51. The molecule has 29 heavy (non-hydrogen) atoms. The standard InChI is InChI=1S/C22H26N4O3/c1-5-6-20(27)19-7-13(2)17(12-24-19)18-8-15-11-25-21(9-16(15)10-23-18)26-22(28)14(3)29-4/h7-12,14,20,27H,5-6H2,1-4H3,(H,25,26,28)/t14-,20-/m0/s1. The quantitative estimate of drug-likeness (QED) is 0.632. The molecule has 3 rings (SSSR count). The third-order valence-corrected chi connectivity index (χ3v) is 4.89. The van der Waals surface area contributed by atoms with Gasteiger partial charge in [-0.05, 0) is 44.0 Å². The first-order valence-corrected chi connectivity index (χ1v) is 9.67. The Labute approximate surface area is 170 Å². The smallest absolute Gasteiger partial charge is 0.254 e. The molecule has 0 spiro atoms. The molecule has 2 atom stereocenters. The molecule has 7 nitrogen and oxygen atoms in total. The molecule has 3 aromatic heterocycles. The molecule has 0 fully saturated rings. The number of amides is 1. The minimum Gasteiger partial charge on any atom is -0.387 e. The van der Waals surface area contributed by atoms with E-state index >= 15 is 0 Å². The van der Waals surface area contributed by atoms with Crippen molar-refractivity contribution in [2.75, 3.05) is 12.4 Å². The number of aliphatic hydroxyl groups is 1. The summed E-state index contributed by atoms with van der Waals surface area (Å²) in [5, 5.41) is 14.7. The summed E-state index contributed by atoms with van der Waals surface area (Å²) >= 11 is 0. The highest BCUT2D eigenvalue weighted by Crippen LogP contribution is 2.27. The highest BCUT2D eigenvalue weighted by molar-refractivity contribution is 5.95. The molecule has 152 valence electrons. The van der Waals surface area contributed by atoms with Gasteiger partial charge >= 0.3 is 0 Å². The number of hydrogen-bond donors (Lipinski definition) is 2. The number of nitrogens with zero attached hydrogens (tertiary/aromatic N) is 3. The van der Waals surface area contributed by atoms with Gasteiger partial charge in [0.05, 0.1) is 17.5 Å². The van der Waals surface area contributed by atoms with Crippen LogP contribution < -0.4 is 5.32 Å². The number of carbonyl (C=O) groups excluding carboxylic acids is 1. The second-order valence-electron chi connectivity index (χ2n) is 7.08. The Morgan fingerprint density at radius 2 is 1.86 bits per heavy atom. The van der Waals surface area contributed by atoms with Crippen molar-refractivity contribution in [3.05, 3.63) is 48.0 Å². The van der Waals surface area contributed by atoms with Crippen LogP contribution in [0.1, 0.15) is 44.1 Å². The van der Waals surface area contributed by atoms with E-state index in [1.807, 2.05) is 26.0 Å². The molecule has 3 heterocycles. The third kappa shape index (κ3) is 4.75. The Morgan fingerprint density at radius 1 is 1.14 bits per heavy atom. The summed E-state index contributed by atoms with van der Waals surface area (Å²) in [5.74, 6) is 0.198. The molecule has 0 radical (unpaired) electrons. The molecule has 0 aliphatic heterocycles. The molecule has 2 N–H and O–H groups in total. The molecule has 1 amide bonds. The lowest BCUT2D eigenvalue weighted by Gasteiger charge is -2.12. The Balaban J connectivity index is 1.86. The maximum atomic E-state index is 12.0. The molecular formula is C22H26N4O3. The van der Waals surface area contributed by atoms with Crippen LogP contribution in [0.4, 0.5) is 5.82 Å². The number of aliphatic hydroxyl groups excluding tert-OH is 1. The first-order chi connectivity index (χ1) is 13.9. The van der Waals surface area contributed by atoms with Crippen molar-refractivity contribution in [1.82, 2.24) is 15.0 Å². The molecule has 3 aromatic rings. The van der Waals surface area contributed by atoms with Crippen molar-refractivity contribution in [2.24, 2.45) is 0 Å². The van der Waals surface area contributed by atoms with Crippen LogP contribution in [0.2, 0.25) is 0 Å². The predicted molar refractivity (Wildman–Crippen MR) is 112 cm³/mol. The second-order valence-corrected chi connectivity index (χ2v) is 7.08. The van der Waals surface area contributed by atoms with E-state index in [4.69, 9.17) is 4.74 Å². The number of ether oxygens (including phenoxy) is 1. The predicted octanol–water partition coefficient (Wildman–Crippen LogP) is 3.81. The van der Waals surface area contributed by atoms with Gasteiger partial charge in [0.15, 0.2) is 0 Å². The number of aromatic nitrogens is 3. The van der Waals surface area contributed by atoms with Gasteiger partial charge in [0.1, 0.15) is 11.9 Å². The maximum Gasteiger partial charge on any atom is 0.254 e. The normalized spacial score (nSPS) is 13.3. The van der Waals surface area contributed by atoms with Crippen LogP contribution in [-0.4, -0.2) is 39.2 Å². The van der Waals surface area contributed by atoms with Gasteiger partial charge in [-0.2, -0.15) is 0 Å². The van der Waals surface area contributed by atoms with E-state index in [-0.39, 0.29) is 5.91 Å². The molecule has 0 aromatic carbocycles. The Morgan fingerprint density at radius 3 is 2.55 bits per heavy atom. The summed E-state index contributed by atoms with van der Waals surface area (Å²) in [6.07, 6.45) is 5.70. The van der Waals surface area contributed by atoms with Crippen LogP contribution >= 0.6 is 0 Å². The molecule has 0 aliphatic rings. The van der Waals surface area contributed by atoms with E-state index in [2.05, 4.69) is 20.3 Å². The van der Waals surface area contributed by atoms with Crippen LogP contribution in [0.15, 0.2) is 36.8 Å². The summed E-state index contributed by atoms with van der Waals surface area (Å²) in [6.45, 7) is 5.69. The van der Waals surface area contributed by atoms with Crippen LogP contribution in [0, 0.1) is 6.92 Å². The fourth-order valence-corrected chi connectivity index (χ4v) is 3.04. The van der Waals surface area contributed by atoms with E-state index in [1.54, 1.807) is 31.6 Å². The van der Waals surface area contributed by atoms with Gasteiger partial charge in [-0.15, -0.1) is 0 Å². The van der Waals surface area contributed by atoms with Gasteiger partial charge in [-0.1, -0.05) is 13.3 Å². The van der Waals surface area contributed by atoms with Crippen LogP contribution in [0.5, 0.6) is 0 Å². The number of fused-ring (bicyclic) bond motifs is 1. The zero-order valence-electron chi connectivity index (χ0n) is 17.1. The number of pyridine rings is 3. The molecule has 7 heteroatoms. The average Bonchev–Trinajstić information content (AvgIpc) is 2.72. The zero-order chi connectivity index (χ0) is 21.0. The summed E-state index contributed by atoms with van der Waals surface area (Å²) in [7, 11) is 1.48. The lowest BCUT2D eigenvalue weighted by atomic mass is 10.0. The Bertz CT molecular complexity index is 1020. The van der Waals surface area contributed by atoms with E-state index in [9.17, 15) is 9.90 Å². The molecule has 0 saturated heterocycles. The van der Waals surface area contributed by atoms with Crippen molar-refractivity contribution in [3.8, 4) is 11.3 Å². The Hall–Kier alpha value is -2.90. The highest BCUT2D eigenvalue weighted by atomic mass is 16.5. The lowest BCUT2D eigenvalue weighted by molar-refractivity contribution is -0.124. The SMILES string of the molecule is CCC[C@H](O)c1cc(C)c(-c2cc3cnc(NC(=O)[C@H](C)OC)cc3cn2)cn1. The van der Waals surface area contributed by atoms with E-state index < -0.39 is 12.2 Å². The van der Waals surface area contributed by atoms with Crippen LogP contribution in [-0.2, 0) is 9.53 Å². The number of rotatable bonds is 7. The van der Waals surface area contributed by atoms with Gasteiger partial charge < -0.3 is 15.2 Å². The summed E-state index contributed by atoms with van der Waals surface area (Å²) in [5.41, 5.74) is 3.37. The second kappa shape index (κ2) is 9.07. The minimum absolute atomic E-state index is 0.254. The maximum absolute atomic E-state index is 12.0. The van der Waals surface area contributed by atoms with E-state index in [1.165, 1.54) is 7.11 Å². The van der Waals surface area contributed by atoms with Gasteiger partial charge in [0.25, 0.3) is 5.91 Å². The first-order valence-electron chi connectivity index (χ1n) is 9.67.